The number of allylic oxidation sites excluding steroid dienone is 2. The molecule has 108 valence electrons. The second-order valence-electron chi connectivity index (χ2n) is 6.16. The van der Waals surface area contributed by atoms with Crippen LogP contribution < -0.4 is 0 Å². The van der Waals surface area contributed by atoms with Crippen molar-refractivity contribution in [2.75, 3.05) is 13.3 Å². The average molecular weight is 338 g/mol. The molecule has 0 aliphatic heterocycles. The zero-order chi connectivity index (χ0) is 15.1. The summed E-state index contributed by atoms with van der Waals surface area (Å²) in [6.07, 6.45) is 7.27. The quantitative estimate of drug-likeness (QED) is 0.499. The summed E-state index contributed by atoms with van der Waals surface area (Å²) in [4.78, 5) is 0. The first-order chi connectivity index (χ1) is 10.7. The molecule has 0 aromatic heterocycles. The fourth-order valence-corrected chi connectivity index (χ4v) is 8.68. The Bertz CT molecular complexity index is 773. The van der Waals surface area contributed by atoms with Crippen molar-refractivity contribution in [3.8, 4) is 0 Å². The fourth-order valence-electron chi connectivity index (χ4n) is 3.44. The van der Waals surface area contributed by atoms with Crippen molar-refractivity contribution in [2.24, 2.45) is 0 Å². The third kappa shape index (κ3) is 2.48. The van der Waals surface area contributed by atoms with Gasteiger partial charge in [0.25, 0.3) is 0 Å². The number of rotatable bonds is 3. The first-order valence-corrected chi connectivity index (χ1v) is 11.8. The molecule has 22 heavy (non-hydrogen) atoms. The van der Waals surface area contributed by atoms with Gasteiger partial charge in [0.05, 0.1) is 0 Å². The summed E-state index contributed by atoms with van der Waals surface area (Å²) in [5, 5.41) is 1.72. The van der Waals surface area contributed by atoms with Crippen LogP contribution in [0.15, 0.2) is 59.9 Å². The molecule has 0 bridgehead atoms. The van der Waals surface area contributed by atoms with E-state index < -0.39 is 0 Å². The van der Waals surface area contributed by atoms with E-state index in [1.54, 1.807) is 16.4 Å². The van der Waals surface area contributed by atoms with Gasteiger partial charge >= 0.3 is 143 Å². The van der Waals surface area contributed by atoms with Crippen molar-refractivity contribution in [1.82, 2.24) is 0 Å². The van der Waals surface area contributed by atoms with Crippen LogP contribution in [0.2, 0.25) is 0 Å². The molecule has 0 saturated carbocycles. The van der Waals surface area contributed by atoms with Crippen LogP contribution in [-0.4, -0.2) is 13.3 Å². The van der Waals surface area contributed by atoms with Gasteiger partial charge in [-0.15, -0.1) is 0 Å². The van der Waals surface area contributed by atoms with Crippen LogP contribution in [-0.2, 0) is 19.2 Å². The molecule has 2 unspecified atom stereocenters. The van der Waals surface area contributed by atoms with Gasteiger partial charge in [0.2, 0.25) is 0 Å². The summed E-state index contributed by atoms with van der Waals surface area (Å²) in [7, 11) is -0.00649. The van der Waals surface area contributed by atoms with E-state index in [-0.39, 0.29) is 27.1 Å². The normalized spacial score (nSPS) is 21.7. The zero-order valence-corrected chi connectivity index (χ0v) is 15.4. The van der Waals surface area contributed by atoms with Crippen molar-refractivity contribution in [3.05, 3.63) is 82.2 Å². The molecule has 0 radical (unpaired) electrons. The first-order valence-electron chi connectivity index (χ1n) is 7.75. The minimum absolute atomic E-state index is 0.00649. The Morgan fingerprint density at radius 1 is 0.864 bits per heavy atom. The van der Waals surface area contributed by atoms with Crippen LogP contribution in [0.25, 0.3) is 12.2 Å². The molecule has 0 saturated heterocycles. The maximum absolute atomic E-state index is 2.49. The van der Waals surface area contributed by atoms with Gasteiger partial charge in [0.15, 0.2) is 0 Å². The number of benzene rings is 2. The van der Waals surface area contributed by atoms with E-state index in [2.05, 4.69) is 80.1 Å². The second kappa shape index (κ2) is 5.93. The molecule has 2 aliphatic rings. The minimum atomic E-state index is -0.134. The van der Waals surface area contributed by atoms with E-state index in [0.29, 0.717) is 4.22 Å². The van der Waals surface area contributed by atoms with Crippen LogP contribution in [0, 0.1) is 0 Å². The zero-order valence-electron chi connectivity index (χ0n) is 13.0. The molecule has 0 fully saturated rings. The Hall–Kier alpha value is -0.936. The SMILES string of the molecule is CP(C)C1=Cc2ccccc2[CH]1[Ti][CH]1C=Cc2ccccc21. The van der Waals surface area contributed by atoms with Gasteiger partial charge in [0.1, 0.15) is 0 Å². The molecule has 4 rings (SSSR count). The van der Waals surface area contributed by atoms with Crippen molar-refractivity contribution >= 4 is 20.1 Å². The van der Waals surface area contributed by atoms with Crippen LogP contribution in [0.3, 0.4) is 0 Å². The Kier molecular flexibility index (Phi) is 3.95. The Labute approximate surface area is 143 Å². The molecule has 0 spiro atoms. The summed E-state index contributed by atoms with van der Waals surface area (Å²) in [6.45, 7) is 4.81. The molecule has 2 aromatic rings. The molecule has 0 nitrogen and oxygen atoms in total. The van der Waals surface area contributed by atoms with Crippen molar-refractivity contribution < 1.29 is 19.2 Å². The molecule has 2 heteroatoms. The fraction of sp³-hybridized carbons (Fsp3) is 0.200. The summed E-state index contributed by atoms with van der Waals surface area (Å²) in [5.41, 5.74) is 6.05. The van der Waals surface area contributed by atoms with Gasteiger partial charge in [-0.1, -0.05) is 0 Å². The third-order valence-electron chi connectivity index (χ3n) is 4.57. The molecule has 0 N–H and O–H groups in total. The average Bonchev–Trinajstić information content (AvgIpc) is 3.10. The molecule has 2 atom stereocenters. The molecule has 2 aliphatic carbocycles. The van der Waals surface area contributed by atoms with Gasteiger partial charge in [-0.2, -0.15) is 0 Å². The van der Waals surface area contributed by atoms with Crippen molar-refractivity contribution in [2.45, 2.75) is 8.45 Å². The maximum atomic E-state index is 2.49. The van der Waals surface area contributed by atoms with Crippen LogP contribution >= 0.6 is 7.92 Å². The van der Waals surface area contributed by atoms with Gasteiger partial charge in [-0.3, -0.25) is 0 Å². The summed E-state index contributed by atoms with van der Waals surface area (Å²) < 4.78 is 1.41. The van der Waals surface area contributed by atoms with E-state index in [1.165, 1.54) is 11.1 Å². The topological polar surface area (TPSA) is 0 Å². The predicted octanol–water partition coefficient (Wildman–Crippen LogP) is 5.67. The monoisotopic (exact) mass is 338 g/mol. The van der Waals surface area contributed by atoms with Crippen molar-refractivity contribution in [3.63, 3.8) is 0 Å². The van der Waals surface area contributed by atoms with Crippen LogP contribution in [0.5, 0.6) is 0 Å². The van der Waals surface area contributed by atoms with E-state index in [0.717, 1.165) is 4.22 Å². The standard InChI is InChI=1S/C11H12P.C9H7.Ti/c1-12(2)11-7-9-5-3-4-6-10(9)8-11;1-2-5-9-7-3-6-8(9)4-1;/h3-8H,1-2H3;1-7H;. The molecular formula is C20H19PTi. The van der Waals surface area contributed by atoms with Gasteiger partial charge in [-0.05, 0) is 0 Å². The van der Waals surface area contributed by atoms with E-state index >= 15 is 0 Å². The molecule has 0 heterocycles. The Morgan fingerprint density at radius 2 is 1.55 bits per heavy atom. The predicted molar refractivity (Wildman–Crippen MR) is 94.1 cm³/mol. The van der Waals surface area contributed by atoms with E-state index in [4.69, 9.17) is 0 Å². The van der Waals surface area contributed by atoms with Gasteiger partial charge in [0, 0.05) is 0 Å². The Morgan fingerprint density at radius 3 is 2.32 bits per heavy atom. The summed E-state index contributed by atoms with van der Waals surface area (Å²) >= 11 is -0.134. The summed E-state index contributed by atoms with van der Waals surface area (Å²) in [5.74, 6) is 0. The van der Waals surface area contributed by atoms with Gasteiger partial charge < -0.3 is 0 Å². The third-order valence-corrected chi connectivity index (χ3v) is 9.21. The van der Waals surface area contributed by atoms with E-state index in [1.807, 2.05) is 0 Å². The van der Waals surface area contributed by atoms with E-state index in [9.17, 15) is 0 Å². The molecule has 0 amide bonds. The van der Waals surface area contributed by atoms with Crippen LogP contribution in [0.4, 0.5) is 0 Å². The Balaban J connectivity index is 1.68. The second-order valence-corrected chi connectivity index (χ2v) is 10.9. The summed E-state index contributed by atoms with van der Waals surface area (Å²) in [6, 6.07) is 18.0. The van der Waals surface area contributed by atoms with Gasteiger partial charge in [-0.25, -0.2) is 0 Å². The molecule has 2 aromatic carbocycles. The number of fused-ring (bicyclic) bond motifs is 2. The first kappa shape index (κ1) is 14.6. The van der Waals surface area contributed by atoms with Crippen LogP contribution in [0.1, 0.15) is 30.7 Å². The number of hydrogen-bond acceptors (Lipinski definition) is 0. The number of hydrogen-bond donors (Lipinski definition) is 0. The van der Waals surface area contributed by atoms with Crippen molar-refractivity contribution in [1.29, 1.82) is 0 Å². The molecular weight excluding hydrogens is 319 g/mol.